The first-order chi connectivity index (χ1) is 15.6. The van der Waals surface area contributed by atoms with Crippen LogP contribution < -0.4 is 5.32 Å². The minimum Gasteiger partial charge on any atom is -0.451 e. The van der Waals surface area contributed by atoms with Gasteiger partial charge in [0.2, 0.25) is 0 Å². The smallest absolute Gasteiger partial charge is 0.417 e. The summed E-state index contributed by atoms with van der Waals surface area (Å²) >= 11 is 2.13. The summed E-state index contributed by atoms with van der Waals surface area (Å²) in [6.07, 6.45) is -0.521. The van der Waals surface area contributed by atoms with Gasteiger partial charge in [0, 0.05) is 11.4 Å². The zero-order valence-corrected chi connectivity index (χ0v) is 19.8. The van der Waals surface area contributed by atoms with Crippen LogP contribution in [-0.2, 0) is 15.7 Å². The number of nitrogens with one attached hydrogen (secondary N) is 1. The Kier molecular flexibility index (Phi) is 6.76. The SMILES string of the molecule is Cc1c(C(=O)OCC(=O)N[C@@H]2CCCC[C@H]2C)sc2nc(-c3cccs3)cc(C(F)(F)F)c12. The third-order valence-corrected chi connectivity index (χ3v) is 8.02. The number of pyridine rings is 1. The van der Waals surface area contributed by atoms with E-state index < -0.39 is 30.2 Å². The van der Waals surface area contributed by atoms with Crippen LogP contribution in [0.15, 0.2) is 23.6 Å². The number of carbonyl (C=O) groups is 2. The van der Waals surface area contributed by atoms with Gasteiger partial charge in [0.25, 0.3) is 5.91 Å². The number of rotatable bonds is 5. The van der Waals surface area contributed by atoms with E-state index in [4.69, 9.17) is 4.74 Å². The molecule has 0 bridgehead atoms. The van der Waals surface area contributed by atoms with Gasteiger partial charge in [-0.2, -0.15) is 13.2 Å². The number of amides is 1. The van der Waals surface area contributed by atoms with Crippen LogP contribution in [0.5, 0.6) is 0 Å². The molecule has 10 heteroatoms. The topological polar surface area (TPSA) is 68.3 Å². The predicted molar refractivity (Wildman–Crippen MR) is 123 cm³/mol. The molecule has 1 aliphatic carbocycles. The molecule has 1 fully saturated rings. The van der Waals surface area contributed by atoms with Crippen LogP contribution in [0.25, 0.3) is 20.8 Å². The van der Waals surface area contributed by atoms with Crippen molar-refractivity contribution in [2.24, 2.45) is 5.92 Å². The molecule has 0 aromatic carbocycles. The highest BCUT2D eigenvalue weighted by Gasteiger charge is 2.36. The quantitative estimate of drug-likeness (QED) is 0.427. The molecule has 4 rings (SSSR count). The Bertz CT molecular complexity index is 1170. The van der Waals surface area contributed by atoms with E-state index in [1.165, 1.54) is 18.3 Å². The van der Waals surface area contributed by atoms with Crippen molar-refractivity contribution in [2.75, 3.05) is 6.61 Å². The number of nitrogens with zero attached hydrogens (tertiary/aromatic N) is 1. The van der Waals surface area contributed by atoms with Crippen molar-refractivity contribution in [3.8, 4) is 10.6 Å². The van der Waals surface area contributed by atoms with Crippen LogP contribution >= 0.6 is 22.7 Å². The fraction of sp³-hybridized carbons (Fsp3) is 0.435. The maximum absolute atomic E-state index is 13.8. The number of ether oxygens (including phenoxy) is 1. The van der Waals surface area contributed by atoms with Crippen LogP contribution in [-0.4, -0.2) is 29.5 Å². The van der Waals surface area contributed by atoms with Gasteiger partial charge < -0.3 is 10.1 Å². The van der Waals surface area contributed by atoms with Gasteiger partial charge in [0.1, 0.15) is 9.71 Å². The predicted octanol–water partition coefficient (Wildman–Crippen LogP) is 6.20. The van der Waals surface area contributed by atoms with Crippen molar-refractivity contribution in [3.63, 3.8) is 0 Å². The van der Waals surface area contributed by atoms with E-state index >= 15 is 0 Å². The van der Waals surface area contributed by atoms with E-state index in [9.17, 15) is 22.8 Å². The number of hydrogen-bond acceptors (Lipinski definition) is 6. The summed E-state index contributed by atoms with van der Waals surface area (Å²) in [6, 6.07) is 4.49. The minimum absolute atomic E-state index is 0.0187. The van der Waals surface area contributed by atoms with Crippen molar-refractivity contribution >= 4 is 44.8 Å². The lowest BCUT2D eigenvalue weighted by atomic mass is 9.86. The van der Waals surface area contributed by atoms with Crippen molar-refractivity contribution in [1.29, 1.82) is 0 Å². The molecule has 0 radical (unpaired) electrons. The molecule has 176 valence electrons. The van der Waals surface area contributed by atoms with E-state index in [0.29, 0.717) is 10.8 Å². The molecule has 1 N–H and O–H groups in total. The fourth-order valence-corrected chi connectivity index (χ4v) is 5.98. The number of carbonyl (C=O) groups excluding carboxylic acids is 2. The molecular weight excluding hydrogens is 473 g/mol. The third kappa shape index (κ3) is 5.06. The van der Waals surface area contributed by atoms with Gasteiger partial charge in [0.15, 0.2) is 6.61 Å². The Morgan fingerprint density at radius 1 is 1.27 bits per heavy atom. The zero-order valence-electron chi connectivity index (χ0n) is 18.1. The second-order valence-electron chi connectivity index (χ2n) is 8.28. The molecule has 0 aliphatic heterocycles. The lowest BCUT2D eigenvalue weighted by Crippen LogP contribution is -2.42. The first kappa shape index (κ1) is 23.7. The van der Waals surface area contributed by atoms with Crippen LogP contribution in [0, 0.1) is 12.8 Å². The van der Waals surface area contributed by atoms with Crippen LogP contribution in [0.1, 0.15) is 53.4 Å². The van der Waals surface area contributed by atoms with Crippen molar-refractivity contribution < 1.29 is 27.5 Å². The van der Waals surface area contributed by atoms with E-state index in [0.717, 1.165) is 43.1 Å². The lowest BCUT2D eigenvalue weighted by molar-refractivity contribution is -0.136. The standard InChI is InChI=1S/C23H23F3N2O3S2/c1-12-6-3-4-7-15(12)27-18(29)11-31-22(30)20-13(2)19-14(23(24,25)26)10-16(28-21(19)33-20)17-8-5-9-32-17/h5,8-10,12,15H,3-4,6-7,11H2,1-2H3,(H,27,29)/t12-,15-/m1/s1. The summed E-state index contributed by atoms with van der Waals surface area (Å²) in [7, 11) is 0. The third-order valence-electron chi connectivity index (χ3n) is 5.96. The van der Waals surface area contributed by atoms with Gasteiger partial charge in [-0.15, -0.1) is 22.7 Å². The average Bonchev–Trinajstić information content (AvgIpc) is 3.41. The van der Waals surface area contributed by atoms with Crippen molar-refractivity contribution in [3.05, 3.63) is 39.6 Å². The molecule has 0 unspecified atom stereocenters. The highest BCUT2D eigenvalue weighted by atomic mass is 32.1. The van der Waals surface area contributed by atoms with E-state index in [1.54, 1.807) is 17.5 Å². The van der Waals surface area contributed by atoms with Gasteiger partial charge in [-0.1, -0.05) is 25.8 Å². The summed E-state index contributed by atoms with van der Waals surface area (Å²) in [6.45, 7) is 3.04. The number of fused-ring (bicyclic) bond motifs is 1. The van der Waals surface area contributed by atoms with Gasteiger partial charge in [0.05, 0.1) is 16.1 Å². The molecule has 1 aliphatic rings. The van der Waals surface area contributed by atoms with E-state index in [1.807, 2.05) is 0 Å². The number of aromatic nitrogens is 1. The number of halogens is 3. The highest BCUT2D eigenvalue weighted by molar-refractivity contribution is 7.20. The maximum Gasteiger partial charge on any atom is 0.417 e. The first-order valence-corrected chi connectivity index (χ1v) is 12.4. The Morgan fingerprint density at radius 2 is 2.03 bits per heavy atom. The molecule has 3 aromatic rings. The largest absolute Gasteiger partial charge is 0.451 e. The second kappa shape index (κ2) is 9.42. The van der Waals surface area contributed by atoms with Crippen LogP contribution in [0.2, 0.25) is 0 Å². The number of hydrogen-bond donors (Lipinski definition) is 1. The number of alkyl halides is 3. The van der Waals surface area contributed by atoms with Crippen molar-refractivity contribution in [1.82, 2.24) is 10.3 Å². The Morgan fingerprint density at radius 3 is 2.70 bits per heavy atom. The summed E-state index contributed by atoms with van der Waals surface area (Å²) in [5.41, 5.74) is -0.487. The monoisotopic (exact) mass is 496 g/mol. The summed E-state index contributed by atoms with van der Waals surface area (Å²) in [4.78, 5) is 30.0. The molecule has 5 nitrogen and oxygen atoms in total. The van der Waals surface area contributed by atoms with Crippen LogP contribution in [0.3, 0.4) is 0 Å². The average molecular weight is 497 g/mol. The molecule has 0 saturated heterocycles. The van der Waals surface area contributed by atoms with Gasteiger partial charge in [-0.05, 0) is 48.8 Å². The molecule has 3 aromatic heterocycles. The number of aryl methyl sites for hydroxylation is 1. The van der Waals surface area contributed by atoms with Gasteiger partial charge >= 0.3 is 12.1 Å². The molecule has 0 spiro atoms. The van der Waals surface area contributed by atoms with Gasteiger partial charge in [-0.25, -0.2) is 9.78 Å². The van der Waals surface area contributed by atoms with Gasteiger partial charge in [-0.3, -0.25) is 4.79 Å². The fourth-order valence-electron chi connectivity index (χ4n) is 4.19. The Labute approximate surface area is 197 Å². The van der Waals surface area contributed by atoms with Crippen molar-refractivity contribution in [2.45, 2.75) is 51.7 Å². The number of thiophene rings is 2. The molecular formula is C23H23F3N2O3S2. The lowest BCUT2D eigenvalue weighted by Gasteiger charge is -2.29. The summed E-state index contributed by atoms with van der Waals surface area (Å²) in [5.74, 6) is -0.879. The minimum atomic E-state index is -4.61. The molecule has 1 amide bonds. The van der Waals surface area contributed by atoms with E-state index in [-0.39, 0.29) is 32.4 Å². The zero-order chi connectivity index (χ0) is 23.8. The molecule has 1 saturated carbocycles. The highest BCUT2D eigenvalue weighted by Crippen LogP contribution is 2.42. The first-order valence-electron chi connectivity index (χ1n) is 10.7. The molecule has 3 heterocycles. The molecule has 2 atom stereocenters. The number of esters is 1. The van der Waals surface area contributed by atoms with Crippen LogP contribution in [0.4, 0.5) is 13.2 Å². The normalized spacial score (nSPS) is 18.9. The Balaban J connectivity index is 1.57. The summed E-state index contributed by atoms with van der Waals surface area (Å²) < 4.78 is 46.7. The maximum atomic E-state index is 13.8. The summed E-state index contributed by atoms with van der Waals surface area (Å²) in [5, 5.41) is 4.55. The second-order valence-corrected chi connectivity index (χ2v) is 10.2. The Hall–Kier alpha value is -2.46. The molecule has 33 heavy (non-hydrogen) atoms. The van der Waals surface area contributed by atoms with E-state index in [2.05, 4.69) is 17.2 Å².